The molecule has 2 N–H and O–H groups in total. The van der Waals surface area contributed by atoms with Crippen molar-refractivity contribution in [1.82, 2.24) is 15.2 Å². The maximum atomic E-state index is 8.87. The Morgan fingerprint density at radius 2 is 2.20 bits per heavy atom. The molecule has 1 aromatic carbocycles. The zero-order valence-electron chi connectivity index (χ0n) is 11.5. The van der Waals surface area contributed by atoms with Crippen LogP contribution in [-0.2, 0) is 0 Å². The second-order valence-corrected chi connectivity index (χ2v) is 4.76. The molecule has 2 rings (SSSR count). The summed E-state index contributed by atoms with van der Waals surface area (Å²) < 4.78 is 0. The Kier molecular flexibility index (Phi) is 4.45. The van der Waals surface area contributed by atoms with Gasteiger partial charge in [0.1, 0.15) is 0 Å². The van der Waals surface area contributed by atoms with Gasteiger partial charge in [0.2, 0.25) is 5.95 Å². The number of nitrogens with one attached hydrogen (secondary N) is 2. The van der Waals surface area contributed by atoms with Crippen LogP contribution in [0.25, 0.3) is 0 Å². The topological polar surface area (TPSA) is 86.5 Å². The number of benzene rings is 1. The minimum Gasteiger partial charge on any atom is -0.353 e. The zero-order chi connectivity index (χ0) is 14.4. The normalized spacial score (nSPS) is 10.1. The van der Waals surface area contributed by atoms with Crippen molar-refractivity contribution in [3.05, 3.63) is 36.0 Å². The fourth-order valence-corrected chi connectivity index (χ4v) is 1.55. The summed E-state index contributed by atoms with van der Waals surface area (Å²) in [5.74, 6) is 1.57. The highest BCUT2D eigenvalue weighted by Crippen LogP contribution is 2.15. The predicted octanol–water partition coefficient (Wildman–Crippen LogP) is 2.55. The largest absolute Gasteiger partial charge is 0.353 e. The Balaban J connectivity index is 2.09. The van der Waals surface area contributed by atoms with Gasteiger partial charge in [0, 0.05) is 12.2 Å². The van der Waals surface area contributed by atoms with E-state index in [2.05, 4.69) is 45.7 Å². The quantitative estimate of drug-likeness (QED) is 0.866. The van der Waals surface area contributed by atoms with Gasteiger partial charge in [-0.25, -0.2) is 0 Å². The van der Waals surface area contributed by atoms with E-state index in [1.165, 1.54) is 0 Å². The van der Waals surface area contributed by atoms with Crippen LogP contribution in [0.3, 0.4) is 0 Å². The van der Waals surface area contributed by atoms with E-state index in [0.29, 0.717) is 23.2 Å². The van der Waals surface area contributed by atoms with Crippen molar-refractivity contribution in [2.45, 2.75) is 13.8 Å². The first-order chi connectivity index (χ1) is 9.67. The summed E-state index contributed by atoms with van der Waals surface area (Å²) in [5.41, 5.74) is 1.38. The standard InChI is InChI=1S/C14H16N6/c1-10(2)8-16-14-19-13(9-17-20-14)18-12-5-3-4-11(6-12)7-15/h3-6,9-10H,8H2,1-2H3,(H2,16,18,19,20). The van der Waals surface area contributed by atoms with Crippen LogP contribution in [0.4, 0.5) is 17.5 Å². The molecule has 0 radical (unpaired) electrons. The highest BCUT2D eigenvalue weighted by molar-refractivity contribution is 5.58. The van der Waals surface area contributed by atoms with Gasteiger partial charge in [-0.15, -0.1) is 5.10 Å². The summed E-state index contributed by atoms with van der Waals surface area (Å²) in [6, 6.07) is 9.28. The van der Waals surface area contributed by atoms with Gasteiger partial charge < -0.3 is 10.6 Å². The second kappa shape index (κ2) is 6.48. The van der Waals surface area contributed by atoms with Crippen molar-refractivity contribution in [1.29, 1.82) is 5.26 Å². The fraction of sp³-hybridized carbons (Fsp3) is 0.286. The first-order valence-corrected chi connectivity index (χ1v) is 6.38. The molecule has 0 saturated heterocycles. The molecular formula is C14H16N6. The smallest absolute Gasteiger partial charge is 0.244 e. The Bertz CT molecular complexity index is 617. The molecular weight excluding hydrogens is 252 g/mol. The molecule has 2 aromatic rings. The summed E-state index contributed by atoms with van der Waals surface area (Å²) in [6.07, 6.45) is 1.54. The lowest BCUT2D eigenvalue weighted by atomic mass is 10.2. The lowest BCUT2D eigenvalue weighted by Gasteiger charge is -2.09. The van der Waals surface area contributed by atoms with Crippen molar-refractivity contribution in [2.75, 3.05) is 17.2 Å². The average molecular weight is 268 g/mol. The number of anilines is 3. The van der Waals surface area contributed by atoms with Crippen LogP contribution >= 0.6 is 0 Å². The van der Waals surface area contributed by atoms with Gasteiger partial charge in [-0.05, 0) is 24.1 Å². The molecule has 0 aliphatic rings. The first kappa shape index (κ1) is 13.7. The van der Waals surface area contributed by atoms with Crippen LogP contribution in [0.1, 0.15) is 19.4 Å². The SMILES string of the molecule is CC(C)CNc1nncc(Nc2cccc(C#N)c2)n1. The highest BCUT2D eigenvalue weighted by atomic mass is 15.3. The molecule has 0 atom stereocenters. The third kappa shape index (κ3) is 3.92. The van der Waals surface area contributed by atoms with E-state index in [4.69, 9.17) is 5.26 Å². The van der Waals surface area contributed by atoms with E-state index < -0.39 is 0 Å². The lowest BCUT2D eigenvalue weighted by Crippen LogP contribution is -2.11. The van der Waals surface area contributed by atoms with Crippen molar-refractivity contribution in [3.8, 4) is 6.07 Å². The van der Waals surface area contributed by atoms with Gasteiger partial charge in [-0.3, -0.25) is 0 Å². The van der Waals surface area contributed by atoms with E-state index in [1.807, 2.05) is 12.1 Å². The van der Waals surface area contributed by atoms with E-state index >= 15 is 0 Å². The molecule has 20 heavy (non-hydrogen) atoms. The summed E-state index contributed by atoms with van der Waals surface area (Å²) >= 11 is 0. The Morgan fingerprint density at radius 3 is 2.95 bits per heavy atom. The number of hydrogen-bond acceptors (Lipinski definition) is 6. The van der Waals surface area contributed by atoms with Crippen LogP contribution in [-0.4, -0.2) is 21.7 Å². The molecule has 6 heteroatoms. The molecule has 0 saturated carbocycles. The predicted molar refractivity (Wildman–Crippen MR) is 77.6 cm³/mol. The maximum Gasteiger partial charge on any atom is 0.244 e. The van der Waals surface area contributed by atoms with Crippen LogP contribution in [0.5, 0.6) is 0 Å². The zero-order valence-corrected chi connectivity index (χ0v) is 11.5. The Hall–Kier alpha value is -2.68. The average Bonchev–Trinajstić information content (AvgIpc) is 2.46. The van der Waals surface area contributed by atoms with Crippen molar-refractivity contribution in [2.24, 2.45) is 5.92 Å². The molecule has 0 unspecified atom stereocenters. The van der Waals surface area contributed by atoms with Crippen LogP contribution in [0.15, 0.2) is 30.5 Å². The Morgan fingerprint density at radius 1 is 1.35 bits per heavy atom. The summed E-state index contributed by atoms with van der Waals surface area (Å²) in [6.45, 7) is 5.00. The third-order valence-electron chi connectivity index (χ3n) is 2.49. The molecule has 1 aromatic heterocycles. The molecule has 102 valence electrons. The van der Waals surface area contributed by atoms with Crippen molar-refractivity contribution >= 4 is 17.5 Å². The molecule has 0 amide bonds. The molecule has 1 heterocycles. The highest BCUT2D eigenvalue weighted by Gasteiger charge is 2.02. The Labute approximate surface area is 117 Å². The second-order valence-electron chi connectivity index (χ2n) is 4.76. The maximum absolute atomic E-state index is 8.87. The van der Waals surface area contributed by atoms with Crippen LogP contribution in [0.2, 0.25) is 0 Å². The molecule has 6 nitrogen and oxygen atoms in total. The van der Waals surface area contributed by atoms with Gasteiger partial charge in [-0.1, -0.05) is 19.9 Å². The summed E-state index contributed by atoms with van der Waals surface area (Å²) in [7, 11) is 0. The fourth-order valence-electron chi connectivity index (χ4n) is 1.55. The summed E-state index contributed by atoms with van der Waals surface area (Å²) in [4.78, 5) is 4.32. The van der Waals surface area contributed by atoms with Gasteiger partial charge in [0.05, 0.1) is 17.8 Å². The third-order valence-corrected chi connectivity index (χ3v) is 2.49. The first-order valence-electron chi connectivity index (χ1n) is 6.38. The van der Waals surface area contributed by atoms with E-state index in [-0.39, 0.29) is 0 Å². The minimum absolute atomic E-state index is 0.486. The van der Waals surface area contributed by atoms with Crippen LogP contribution in [0, 0.1) is 17.2 Å². The number of hydrogen-bond donors (Lipinski definition) is 2. The molecule has 0 spiro atoms. The van der Waals surface area contributed by atoms with E-state index in [9.17, 15) is 0 Å². The number of aromatic nitrogens is 3. The molecule has 0 aliphatic carbocycles. The van der Waals surface area contributed by atoms with Crippen LogP contribution < -0.4 is 10.6 Å². The minimum atomic E-state index is 0.486. The molecule has 0 bridgehead atoms. The van der Waals surface area contributed by atoms with Gasteiger partial charge >= 0.3 is 0 Å². The van der Waals surface area contributed by atoms with Gasteiger partial charge in [0.25, 0.3) is 0 Å². The number of nitriles is 1. The van der Waals surface area contributed by atoms with Gasteiger partial charge in [-0.2, -0.15) is 15.3 Å². The van der Waals surface area contributed by atoms with E-state index in [1.54, 1.807) is 18.3 Å². The van der Waals surface area contributed by atoms with E-state index in [0.717, 1.165) is 12.2 Å². The molecule has 0 fully saturated rings. The van der Waals surface area contributed by atoms with Crippen molar-refractivity contribution in [3.63, 3.8) is 0 Å². The number of nitrogens with zero attached hydrogens (tertiary/aromatic N) is 4. The monoisotopic (exact) mass is 268 g/mol. The summed E-state index contributed by atoms with van der Waals surface area (Å²) in [5, 5.41) is 22.9. The molecule has 0 aliphatic heterocycles. The lowest BCUT2D eigenvalue weighted by molar-refractivity contribution is 0.682. The number of rotatable bonds is 5. The van der Waals surface area contributed by atoms with Crippen molar-refractivity contribution < 1.29 is 0 Å². The van der Waals surface area contributed by atoms with Gasteiger partial charge in [0.15, 0.2) is 5.82 Å².